The van der Waals surface area contributed by atoms with Gasteiger partial charge in [0.1, 0.15) is 0 Å². The van der Waals surface area contributed by atoms with Gasteiger partial charge in [-0.05, 0) is 20.8 Å². The average molecular weight is 413 g/mol. The first-order chi connectivity index (χ1) is 12.3. The molecule has 160 valence electrons. The van der Waals surface area contributed by atoms with Crippen molar-refractivity contribution in [3.8, 4) is 0 Å². The number of hydrogen-bond donors (Lipinski definition) is 0. The maximum atomic E-state index is 11.8. The molecule has 11 heteroatoms. The van der Waals surface area contributed by atoms with Gasteiger partial charge in [0.05, 0.1) is 45.2 Å². The van der Waals surface area contributed by atoms with Gasteiger partial charge >= 0.3 is 5.97 Å². The number of nitrogens with zero attached hydrogens (tertiary/aromatic N) is 1. The van der Waals surface area contributed by atoms with E-state index in [-0.39, 0.29) is 24.9 Å². The van der Waals surface area contributed by atoms with E-state index < -0.39 is 28.1 Å². The van der Waals surface area contributed by atoms with Crippen LogP contribution in [0, 0.1) is 0 Å². The predicted molar refractivity (Wildman–Crippen MR) is 95.9 cm³/mol. The number of ether oxygens (including phenoxy) is 3. The Labute approximate surface area is 161 Å². The molecule has 0 radical (unpaired) electrons. The summed E-state index contributed by atoms with van der Waals surface area (Å²) < 4.78 is 42.5. The van der Waals surface area contributed by atoms with Gasteiger partial charge in [0, 0.05) is 20.4 Å². The maximum absolute atomic E-state index is 11.8. The fourth-order valence-electron chi connectivity index (χ4n) is 2.27. The van der Waals surface area contributed by atoms with Gasteiger partial charge in [-0.3, -0.25) is 18.6 Å². The molecule has 1 amide bonds. The van der Waals surface area contributed by atoms with Crippen molar-refractivity contribution in [2.24, 2.45) is 0 Å². The lowest BCUT2D eigenvalue weighted by molar-refractivity contribution is -0.303. The molecule has 1 heterocycles. The van der Waals surface area contributed by atoms with Crippen LogP contribution in [0.4, 0.5) is 0 Å². The lowest BCUT2D eigenvalue weighted by Gasteiger charge is -2.40. The van der Waals surface area contributed by atoms with Crippen molar-refractivity contribution in [2.45, 2.75) is 58.5 Å². The molecule has 27 heavy (non-hydrogen) atoms. The minimum atomic E-state index is -3.53. The van der Waals surface area contributed by atoms with Gasteiger partial charge in [-0.2, -0.15) is 8.42 Å². The highest BCUT2D eigenvalue weighted by molar-refractivity contribution is 7.85. The van der Waals surface area contributed by atoms with Crippen LogP contribution in [0.2, 0.25) is 0 Å². The van der Waals surface area contributed by atoms with Crippen LogP contribution < -0.4 is 0 Å². The molecule has 1 saturated heterocycles. The maximum Gasteiger partial charge on any atom is 0.302 e. The standard InChI is InChI=1S/C12H23NO7S.C4H8O2/c1-12(2)19-9(7-11(14)13(3)17-4)6-10(20-12)8-18-21(5,15)16;1-3-6-4(2)5/h9-10H,6-8H2,1-5H3;3H2,1-2H3/t9-,10+;/m1./s1. The monoisotopic (exact) mass is 413 g/mol. The van der Waals surface area contributed by atoms with E-state index in [1.54, 1.807) is 20.8 Å². The van der Waals surface area contributed by atoms with Gasteiger partial charge in [0.25, 0.3) is 10.1 Å². The largest absolute Gasteiger partial charge is 0.466 e. The number of carbonyl (C=O) groups excluding carboxylic acids is 2. The molecule has 0 saturated carbocycles. The summed E-state index contributed by atoms with van der Waals surface area (Å²) in [5.74, 6) is -1.36. The Balaban J connectivity index is 0.000000972. The second-order valence-electron chi connectivity index (χ2n) is 6.31. The van der Waals surface area contributed by atoms with Crippen LogP contribution in [0.25, 0.3) is 0 Å². The zero-order valence-corrected chi connectivity index (χ0v) is 17.8. The molecule has 0 aromatic heterocycles. The van der Waals surface area contributed by atoms with Crippen LogP contribution in [0.5, 0.6) is 0 Å². The lowest BCUT2D eigenvalue weighted by atomic mass is 10.1. The third kappa shape index (κ3) is 12.7. The molecule has 0 spiro atoms. The van der Waals surface area contributed by atoms with Gasteiger partial charge in [0.15, 0.2) is 5.79 Å². The van der Waals surface area contributed by atoms with E-state index in [1.807, 2.05) is 0 Å². The highest BCUT2D eigenvalue weighted by Gasteiger charge is 2.37. The summed E-state index contributed by atoms with van der Waals surface area (Å²) >= 11 is 0. The van der Waals surface area contributed by atoms with Crippen LogP contribution in [-0.2, 0) is 42.9 Å². The SMILES string of the molecule is CCOC(C)=O.CON(C)C(=O)C[C@H]1C[C@@H](COS(C)(=O)=O)OC(C)(C)O1. The second kappa shape index (κ2) is 11.5. The molecule has 0 aromatic rings. The Morgan fingerprint density at radius 2 is 1.78 bits per heavy atom. The van der Waals surface area contributed by atoms with Crippen LogP contribution in [-0.4, -0.2) is 77.0 Å². The minimum absolute atomic E-state index is 0.101. The van der Waals surface area contributed by atoms with E-state index in [9.17, 15) is 18.0 Å². The molecule has 2 atom stereocenters. The Morgan fingerprint density at radius 3 is 2.19 bits per heavy atom. The summed E-state index contributed by atoms with van der Waals surface area (Å²) in [5, 5.41) is 1.12. The lowest BCUT2D eigenvalue weighted by Crippen LogP contribution is -2.47. The number of esters is 1. The van der Waals surface area contributed by atoms with E-state index in [0.29, 0.717) is 13.0 Å². The summed E-state index contributed by atoms with van der Waals surface area (Å²) in [5.41, 5.74) is 0. The van der Waals surface area contributed by atoms with E-state index in [2.05, 4.69) is 4.74 Å². The zero-order chi connectivity index (χ0) is 21.3. The van der Waals surface area contributed by atoms with Crippen LogP contribution >= 0.6 is 0 Å². The summed E-state index contributed by atoms with van der Waals surface area (Å²) in [4.78, 5) is 26.5. The smallest absolute Gasteiger partial charge is 0.302 e. The van der Waals surface area contributed by atoms with Gasteiger partial charge in [-0.15, -0.1) is 0 Å². The van der Waals surface area contributed by atoms with E-state index in [0.717, 1.165) is 11.3 Å². The highest BCUT2D eigenvalue weighted by Crippen LogP contribution is 2.29. The third-order valence-corrected chi connectivity index (χ3v) is 3.83. The molecular weight excluding hydrogens is 382 g/mol. The number of hydrogen-bond acceptors (Lipinski definition) is 9. The molecule has 0 aliphatic carbocycles. The number of hydroxylamine groups is 2. The van der Waals surface area contributed by atoms with Crippen molar-refractivity contribution in [2.75, 3.05) is 33.6 Å². The molecule has 0 aromatic carbocycles. The van der Waals surface area contributed by atoms with Crippen LogP contribution in [0.15, 0.2) is 0 Å². The first-order valence-electron chi connectivity index (χ1n) is 8.43. The average Bonchev–Trinajstić information content (AvgIpc) is 2.50. The molecule has 1 aliphatic heterocycles. The van der Waals surface area contributed by atoms with Crippen molar-refractivity contribution in [3.63, 3.8) is 0 Å². The van der Waals surface area contributed by atoms with Crippen molar-refractivity contribution < 1.29 is 41.2 Å². The van der Waals surface area contributed by atoms with Crippen molar-refractivity contribution in [1.82, 2.24) is 5.06 Å². The summed E-state index contributed by atoms with van der Waals surface area (Å²) in [6.45, 7) is 6.96. The Bertz CT molecular complexity index is 576. The van der Waals surface area contributed by atoms with Gasteiger partial charge in [-0.25, -0.2) is 5.06 Å². The fraction of sp³-hybridized carbons (Fsp3) is 0.875. The molecule has 10 nitrogen and oxygen atoms in total. The highest BCUT2D eigenvalue weighted by atomic mass is 32.2. The summed E-state index contributed by atoms with van der Waals surface area (Å²) in [6, 6.07) is 0. The number of rotatable bonds is 7. The van der Waals surface area contributed by atoms with Crippen molar-refractivity contribution >= 4 is 22.0 Å². The number of amides is 1. The molecule has 1 rings (SSSR count). The van der Waals surface area contributed by atoms with E-state index in [4.69, 9.17) is 18.5 Å². The molecule has 0 bridgehead atoms. The van der Waals surface area contributed by atoms with Gasteiger partial charge in [0.2, 0.25) is 5.91 Å². The molecule has 0 N–H and O–H groups in total. The topological polar surface area (TPSA) is 118 Å². The Hall–Kier alpha value is -1.27. The first kappa shape index (κ1) is 25.7. The second-order valence-corrected chi connectivity index (χ2v) is 7.95. The minimum Gasteiger partial charge on any atom is -0.466 e. The normalized spacial score (nSPS) is 21.6. The van der Waals surface area contributed by atoms with Gasteiger partial charge in [-0.1, -0.05) is 0 Å². The van der Waals surface area contributed by atoms with E-state index >= 15 is 0 Å². The Morgan fingerprint density at radius 1 is 1.22 bits per heavy atom. The third-order valence-electron chi connectivity index (χ3n) is 3.27. The number of carbonyl (C=O) groups is 2. The zero-order valence-electron chi connectivity index (χ0n) is 17.0. The van der Waals surface area contributed by atoms with Gasteiger partial charge < -0.3 is 14.2 Å². The van der Waals surface area contributed by atoms with Crippen molar-refractivity contribution in [3.05, 3.63) is 0 Å². The van der Waals surface area contributed by atoms with Crippen LogP contribution in [0.3, 0.4) is 0 Å². The Kier molecular flexibility index (Phi) is 11.0. The predicted octanol–water partition coefficient (Wildman–Crippen LogP) is 0.852. The van der Waals surface area contributed by atoms with Crippen molar-refractivity contribution in [1.29, 1.82) is 0 Å². The van der Waals surface area contributed by atoms with E-state index in [1.165, 1.54) is 21.1 Å². The quantitative estimate of drug-likeness (QED) is 0.340. The molecule has 1 fully saturated rings. The summed E-state index contributed by atoms with van der Waals surface area (Å²) in [7, 11) is -0.625. The first-order valence-corrected chi connectivity index (χ1v) is 10.2. The molecule has 1 aliphatic rings. The molecular formula is C16H31NO9S. The van der Waals surface area contributed by atoms with Crippen LogP contribution in [0.1, 0.15) is 40.5 Å². The summed E-state index contributed by atoms with van der Waals surface area (Å²) in [6.07, 6.45) is 0.599. The fourth-order valence-corrected chi connectivity index (χ4v) is 2.67. The molecule has 0 unspecified atom stereocenters.